The Morgan fingerprint density at radius 1 is 0.471 bits per heavy atom. The molecule has 0 radical (unpaired) electrons. The standard InChI is InChI=1S/C10H25N3.2C2H6/c1-3-5-11-7-9-13-10-8-12-6-4-2;2*1-2/h11-13H,3-10H2,1-2H3;2*1-2H3. The van der Waals surface area contributed by atoms with Gasteiger partial charge in [0.15, 0.2) is 0 Å². The van der Waals surface area contributed by atoms with Gasteiger partial charge < -0.3 is 16.0 Å². The fourth-order valence-electron chi connectivity index (χ4n) is 1.08. The second-order valence-corrected chi connectivity index (χ2v) is 3.25. The van der Waals surface area contributed by atoms with Gasteiger partial charge >= 0.3 is 0 Å². The van der Waals surface area contributed by atoms with Crippen molar-refractivity contribution in [2.75, 3.05) is 39.3 Å². The zero-order valence-electron chi connectivity index (χ0n) is 13.2. The molecule has 0 aromatic carbocycles. The van der Waals surface area contributed by atoms with Crippen molar-refractivity contribution >= 4 is 0 Å². The van der Waals surface area contributed by atoms with E-state index in [0.717, 1.165) is 39.3 Å². The van der Waals surface area contributed by atoms with Gasteiger partial charge in [0.25, 0.3) is 0 Å². The van der Waals surface area contributed by atoms with Crippen molar-refractivity contribution in [3.8, 4) is 0 Å². The summed E-state index contributed by atoms with van der Waals surface area (Å²) in [6.45, 7) is 19.0. The molecule has 0 bridgehead atoms. The average Bonchev–Trinajstić information content (AvgIpc) is 2.42. The zero-order chi connectivity index (χ0) is 13.8. The van der Waals surface area contributed by atoms with Crippen LogP contribution in [0.3, 0.4) is 0 Å². The van der Waals surface area contributed by atoms with Gasteiger partial charge in [-0.15, -0.1) is 0 Å². The molecule has 108 valence electrons. The summed E-state index contributed by atoms with van der Waals surface area (Å²) in [7, 11) is 0. The van der Waals surface area contributed by atoms with Crippen molar-refractivity contribution in [3.63, 3.8) is 0 Å². The lowest BCUT2D eigenvalue weighted by Crippen LogP contribution is -2.33. The summed E-state index contributed by atoms with van der Waals surface area (Å²) in [5.41, 5.74) is 0. The van der Waals surface area contributed by atoms with Gasteiger partial charge in [0.1, 0.15) is 0 Å². The van der Waals surface area contributed by atoms with Gasteiger partial charge in [0.05, 0.1) is 0 Å². The van der Waals surface area contributed by atoms with E-state index in [1.54, 1.807) is 0 Å². The first-order chi connectivity index (χ1) is 8.41. The quantitative estimate of drug-likeness (QED) is 0.519. The van der Waals surface area contributed by atoms with Gasteiger partial charge in [0.2, 0.25) is 0 Å². The van der Waals surface area contributed by atoms with E-state index in [2.05, 4.69) is 29.8 Å². The van der Waals surface area contributed by atoms with Crippen molar-refractivity contribution in [2.45, 2.75) is 54.4 Å². The van der Waals surface area contributed by atoms with Gasteiger partial charge in [-0.25, -0.2) is 0 Å². The molecule has 0 aliphatic carbocycles. The van der Waals surface area contributed by atoms with Gasteiger partial charge in [-0.05, 0) is 25.9 Å². The molecular formula is C14H37N3. The molecule has 0 rings (SSSR count). The van der Waals surface area contributed by atoms with Crippen LogP contribution in [0.5, 0.6) is 0 Å². The minimum Gasteiger partial charge on any atom is -0.315 e. The molecule has 0 aliphatic rings. The molecule has 17 heavy (non-hydrogen) atoms. The molecule has 0 aliphatic heterocycles. The van der Waals surface area contributed by atoms with Crippen LogP contribution in [-0.2, 0) is 0 Å². The molecule has 0 fully saturated rings. The van der Waals surface area contributed by atoms with Crippen LogP contribution >= 0.6 is 0 Å². The van der Waals surface area contributed by atoms with E-state index in [4.69, 9.17) is 0 Å². The average molecular weight is 247 g/mol. The highest BCUT2D eigenvalue weighted by atomic mass is 15.0. The molecule has 3 heteroatoms. The maximum atomic E-state index is 3.38. The van der Waals surface area contributed by atoms with Crippen molar-refractivity contribution in [1.82, 2.24) is 16.0 Å². The lowest BCUT2D eigenvalue weighted by molar-refractivity contribution is 0.577. The Morgan fingerprint density at radius 2 is 0.706 bits per heavy atom. The van der Waals surface area contributed by atoms with Gasteiger partial charge in [-0.1, -0.05) is 41.5 Å². The van der Waals surface area contributed by atoms with Gasteiger partial charge in [-0.2, -0.15) is 0 Å². The van der Waals surface area contributed by atoms with E-state index < -0.39 is 0 Å². The van der Waals surface area contributed by atoms with Crippen LogP contribution in [0.25, 0.3) is 0 Å². The summed E-state index contributed by atoms with van der Waals surface area (Å²) in [6, 6.07) is 0. The largest absolute Gasteiger partial charge is 0.315 e. The second-order valence-electron chi connectivity index (χ2n) is 3.25. The van der Waals surface area contributed by atoms with E-state index in [-0.39, 0.29) is 0 Å². The molecular weight excluding hydrogens is 210 g/mol. The second kappa shape index (κ2) is 29.7. The highest BCUT2D eigenvalue weighted by Crippen LogP contribution is 1.69. The van der Waals surface area contributed by atoms with Crippen molar-refractivity contribution in [1.29, 1.82) is 0 Å². The smallest absolute Gasteiger partial charge is 0.00772 e. The predicted octanol–water partition coefficient (Wildman–Crippen LogP) is 2.63. The monoisotopic (exact) mass is 247 g/mol. The lowest BCUT2D eigenvalue weighted by Gasteiger charge is -2.06. The first-order valence-corrected chi connectivity index (χ1v) is 7.54. The Bertz CT molecular complexity index is 77.5. The van der Waals surface area contributed by atoms with Crippen LogP contribution in [0.15, 0.2) is 0 Å². The first-order valence-electron chi connectivity index (χ1n) is 7.54. The van der Waals surface area contributed by atoms with Crippen LogP contribution in [-0.4, -0.2) is 39.3 Å². The van der Waals surface area contributed by atoms with E-state index in [0.29, 0.717) is 0 Å². The highest BCUT2D eigenvalue weighted by molar-refractivity contribution is 4.53. The highest BCUT2D eigenvalue weighted by Gasteiger charge is 1.87. The number of rotatable bonds is 10. The van der Waals surface area contributed by atoms with Gasteiger partial charge in [-0.3, -0.25) is 0 Å². The minimum atomic E-state index is 1.08. The molecule has 0 heterocycles. The molecule has 0 aromatic heterocycles. The third-order valence-electron chi connectivity index (χ3n) is 1.81. The van der Waals surface area contributed by atoms with E-state index >= 15 is 0 Å². The number of hydrogen-bond donors (Lipinski definition) is 3. The maximum absolute atomic E-state index is 3.38. The molecule has 0 saturated heterocycles. The molecule has 0 amide bonds. The normalized spacial score (nSPS) is 8.82. The molecule has 0 spiro atoms. The predicted molar refractivity (Wildman–Crippen MR) is 81.9 cm³/mol. The molecule has 0 aromatic rings. The van der Waals surface area contributed by atoms with Crippen LogP contribution in [0.4, 0.5) is 0 Å². The van der Waals surface area contributed by atoms with Crippen molar-refractivity contribution in [2.24, 2.45) is 0 Å². The zero-order valence-corrected chi connectivity index (χ0v) is 13.2. The van der Waals surface area contributed by atoms with Crippen molar-refractivity contribution in [3.05, 3.63) is 0 Å². The van der Waals surface area contributed by atoms with Gasteiger partial charge in [0, 0.05) is 26.2 Å². The summed E-state index contributed by atoms with van der Waals surface area (Å²) in [6.07, 6.45) is 2.44. The fraction of sp³-hybridized carbons (Fsp3) is 1.00. The van der Waals surface area contributed by atoms with Crippen LogP contribution < -0.4 is 16.0 Å². The SMILES string of the molecule is CC.CC.CCCNCCNCCNCCC. The Balaban J connectivity index is -0.000000439. The topological polar surface area (TPSA) is 36.1 Å². The third kappa shape index (κ3) is 31.3. The van der Waals surface area contributed by atoms with E-state index in [9.17, 15) is 0 Å². The Hall–Kier alpha value is -0.120. The summed E-state index contributed by atoms with van der Waals surface area (Å²) in [4.78, 5) is 0. The van der Waals surface area contributed by atoms with Crippen molar-refractivity contribution < 1.29 is 0 Å². The third-order valence-corrected chi connectivity index (χ3v) is 1.81. The summed E-state index contributed by atoms with van der Waals surface area (Å²) < 4.78 is 0. The first kappa shape index (κ1) is 22.1. The maximum Gasteiger partial charge on any atom is 0.00772 e. The van der Waals surface area contributed by atoms with E-state index in [1.807, 2.05) is 27.7 Å². The Labute approximate surface area is 110 Å². The molecule has 0 saturated carbocycles. The lowest BCUT2D eigenvalue weighted by atomic mass is 10.4. The summed E-state index contributed by atoms with van der Waals surface area (Å²) in [5, 5.41) is 10.1. The Morgan fingerprint density at radius 3 is 0.941 bits per heavy atom. The van der Waals surface area contributed by atoms with Crippen LogP contribution in [0, 0.1) is 0 Å². The summed E-state index contributed by atoms with van der Waals surface area (Å²) >= 11 is 0. The van der Waals surface area contributed by atoms with Crippen LogP contribution in [0.2, 0.25) is 0 Å². The molecule has 3 nitrogen and oxygen atoms in total. The summed E-state index contributed by atoms with van der Waals surface area (Å²) in [5.74, 6) is 0. The number of nitrogens with one attached hydrogen (secondary N) is 3. The van der Waals surface area contributed by atoms with Crippen LogP contribution in [0.1, 0.15) is 54.4 Å². The number of hydrogen-bond acceptors (Lipinski definition) is 3. The Kier molecular flexibility index (Phi) is 38.6. The molecule has 0 atom stereocenters. The van der Waals surface area contributed by atoms with E-state index in [1.165, 1.54) is 12.8 Å². The molecule has 0 unspecified atom stereocenters. The fourth-order valence-corrected chi connectivity index (χ4v) is 1.08. The molecule has 3 N–H and O–H groups in total. The minimum absolute atomic E-state index is 1.08.